The van der Waals surface area contributed by atoms with Crippen LogP contribution in [0.3, 0.4) is 0 Å². The van der Waals surface area contributed by atoms with Crippen molar-refractivity contribution in [3.05, 3.63) is 47.7 Å². The second-order valence-corrected chi connectivity index (χ2v) is 4.61. The van der Waals surface area contributed by atoms with E-state index in [2.05, 4.69) is 16.4 Å². The van der Waals surface area contributed by atoms with Crippen molar-refractivity contribution in [2.75, 3.05) is 12.4 Å². The smallest absolute Gasteiger partial charge is 0.126 e. The third kappa shape index (κ3) is 1.77. The first-order valence-corrected chi connectivity index (χ1v) is 6.23. The van der Waals surface area contributed by atoms with Gasteiger partial charge < -0.3 is 10.4 Å². The standard InChI is InChI=1S/C15H16N2O/c1-16-15-9-10(7-8-17-15)11-3-2-4-13-12(11)5-6-14(13)18/h2-4,7-9,14,18H,5-6H2,1H3,(H,16,17)/t14-/m1/s1. The number of nitrogens with zero attached hydrogens (tertiary/aromatic N) is 1. The zero-order valence-corrected chi connectivity index (χ0v) is 10.4. The molecule has 1 aromatic heterocycles. The summed E-state index contributed by atoms with van der Waals surface area (Å²) in [5, 5.41) is 13.0. The molecule has 3 heteroatoms. The number of hydrogen-bond acceptors (Lipinski definition) is 3. The first kappa shape index (κ1) is 11.2. The number of anilines is 1. The lowest BCUT2D eigenvalue weighted by molar-refractivity contribution is 0.180. The van der Waals surface area contributed by atoms with Crippen molar-refractivity contribution in [1.82, 2.24) is 4.98 Å². The van der Waals surface area contributed by atoms with Crippen molar-refractivity contribution in [2.45, 2.75) is 18.9 Å². The van der Waals surface area contributed by atoms with E-state index in [0.29, 0.717) is 0 Å². The summed E-state index contributed by atoms with van der Waals surface area (Å²) in [5.74, 6) is 0.864. The minimum absolute atomic E-state index is 0.300. The molecule has 1 aliphatic rings. The number of rotatable bonds is 2. The van der Waals surface area contributed by atoms with Gasteiger partial charge in [0.25, 0.3) is 0 Å². The van der Waals surface area contributed by atoms with Gasteiger partial charge in [-0.1, -0.05) is 18.2 Å². The van der Waals surface area contributed by atoms with Gasteiger partial charge in [0.05, 0.1) is 6.10 Å². The monoisotopic (exact) mass is 240 g/mol. The van der Waals surface area contributed by atoms with Gasteiger partial charge in [-0.2, -0.15) is 0 Å². The molecule has 2 N–H and O–H groups in total. The average Bonchev–Trinajstić information content (AvgIpc) is 2.81. The summed E-state index contributed by atoms with van der Waals surface area (Å²) in [4.78, 5) is 4.23. The summed E-state index contributed by atoms with van der Waals surface area (Å²) in [6.07, 6.45) is 3.29. The van der Waals surface area contributed by atoms with Crippen LogP contribution in [0, 0.1) is 0 Å². The van der Waals surface area contributed by atoms with Gasteiger partial charge in [0.15, 0.2) is 0 Å². The van der Waals surface area contributed by atoms with Crippen molar-refractivity contribution in [2.24, 2.45) is 0 Å². The number of fused-ring (bicyclic) bond motifs is 1. The maximum absolute atomic E-state index is 9.93. The van der Waals surface area contributed by atoms with Crippen molar-refractivity contribution in [1.29, 1.82) is 0 Å². The molecule has 0 unspecified atom stereocenters. The highest BCUT2D eigenvalue weighted by Crippen LogP contribution is 2.37. The molecule has 0 saturated heterocycles. The van der Waals surface area contributed by atoms with E-state index in [1.165, 1.54) is 11.1 Å². The minimum atomic E-state index is -0.300. The third-order valence-electron chi connectivity index (χ3n) is 3.57. The molecular formula is C15H16N2O. The Balaban J connectivity index is 2.12. The highest BCUT2D eigenvalue weighted by atomic mass is 16.3. The molecule has 0 saturated carbocycles. The maximum Gasteiger partial charge on any atom is 0.126 e. The second kappa shape index (κ2) is 4.42. The number of pyridine rings is 1. The lowest BCUT2D eigenvalue weighted by Gasteiger charge is -2.10. The van der Waals surface area contributed by atoms with E-state index in [0.717, 1.165) is 29.8 Å². The first-order chi connectivity index (χ1) is 8.79. The van der Waals surface area contributed by atoms with Crippen LogP contribution in [-0.2, 0) is 6.42 Å². The highest BCUT2D eigenvalue weighted by Gasteiger charge is 2.22. The van der Waals surface area contributed by atoms with Gasteiger partial charge >= 0.3 is 0 Å². The molecule has 1 heterocycles. The van der Waals surface area contributed by atoms with E-state index in [1.54, 1.807) is 0 Å². The van der Waals surface area contributed by atoms with E-state index in [1.807, 2.05) is 37.5 Å². The number of aliphatic hydroxyl groups is 1. The molecule has 0 amide bonds. The number of benzene rings is 1. The largest absolute Gasteiger partial charge is 0.388 e. The van der Waals surface area contributed by atoms with Crippen molar-refractivity contribution < 1.29 is 5.11 Å². The molecule has 0 radical (unpaired) electrons. The summed E-state index contributed by atoms with van der Waals surface area (Å²) in [5.41, 5.74) is 4.72. The van der Waals surface area contributed by atoms with Gasteiger partial charge in [-0.05, 0) is 47.2 Å². The molecule has 18 heavy (non-hydrogen) atoms. The Morgan fingerprint density at radius 2 is 2.22 bits per heavy atom. The number of nitrogens with one attached hydrogen (secondary N) is 1. The molecule has 1 aliphatic carbocycles. The molecule has 0 aliphatic heterocycles. The van der Waals surface area contributed by atoms with Gasteiger partial charge in [-0.3, -0.25) is 0 Å². The van der Waals surface area contributed by atoms with E-state index in [9.17, 15) is 5.11 Å². The number of aliphatic hydroxyl groups excluding tert-OH is 1. The molecule has 1 atom stereocenters. The molecule has 3 nitrogen and oxygen atoms in total. The van der Waals surface area contributed by atoms with E-state index in [4.69, 9.17) is 0 Å². The molecule has 2 aromatic rings. The molecule has 0 spiro atoms. The van der Waals surface area contributed by atoms with E-state index < -0.39 is 0 Å². The van der Waals surface area contributed by atoms with Crippen LogP contribution < -0.4 is 5.32 Å². The second-order valence-electron chi connectivity index (χ2n) is 4.61. The highest BCUT2D eigenvalue weighted by molar-refractivity contribution is 5.71. The Morgan fingerprint density at radius 1 is 1.33 bits per heavy atom. The Kier molecular flexibility index (Phi) is 2.76. The predicted molar refractivity (Wildman–Crippen MR) is 72.5 cm³/mol. The Labute approximate surface area is 107 Å². The van der Waals surface area contributed by atoms with Crippen molar-refractivity contribution >= 4 is 5.82 Å². The molecular weight excluding hydrogens is 224 g/mol. The van der Waals surface area contributed by atoms with Gasteiger partial charge in [-0.15, -0.1) is 0 Å². The average molecular weight is 240 g/mol. The fourth-order valence-corrected chi connectivity index (χ4v) is 2.64. The predicted octanol–water partition coefficient (Wildman–Crippen LogP) is 2.77. The van der Waals surface area contributed by atoms with Crippen LogP contribution in [-0.4, -0.2) is 17.1 Å². The maximum atomic E-state index is 9.93. The topological polar surface area (TPSA) is 45.1 Å². The zero-order chi connectivity index (χ0) is 12.5. The van der Waals surface area contributed by atoms with Crippen LogP contribution in [0.25, 0.3) is 11.1 Å². The lowest BCUT2D eigenvalue weighted by atomic mass is 9.97. The van der Waals surface area contributed by atoms with Crippen LogP contribution >= 0.6 is 0 Å². The molecule has 0 bridgehead atoms. The van der Waals surface area contributed by atoms with Crippen molar-refractivity contribution in [3.8, 4) is 11.1 Å². The summed E-state index contributed by atoms with van der Waals surface area (Å²) < 4.78 is 0. The Morgan fingerprint density at radius 3 is 3.06 bits per heavy atom. The summed E-state index contributed by atoms with van der Waals surface area (Å²) in [7, 11) is 1.87. The van der Waals surface area contributed by atoms with E-state index in [-0.39, 0.29) is 6.10 Å². The third-order valence-corrected chi connectivity index (χ3v) is 3.57. The van der Waals surface area contributed by atoms with Gasteiger partial charge in [0.2, 0.25) is 0 Å². The van der Waals surface area contributed by atoms with Crippen LogP contribution in [0.1, 0.15) is 23.7 Å². The van der Waals surface area contributed by atoms with Gasteiger partial charge in [0, 0.05) is 13.2 Å². The fraction of sp³-hybridized carbons (Fsp3) is 0.267. The number of aromatic nitrogens is 1. The number of hydrogen-bond donors (Lipinski definition) is 2. The zero-order valence-electron chi connectivity index (χ0n) is 10.4. The Bertz CT molecular complexity index is 580. The quantitative estimate of drug-likeness (QED) is 0.848. The first-order valence-electron chi connectivity index (χ1n) is 6.23. The van der Waals surface area contributed by atoms with Crippen molar-refractivity contribution in [3.63, 3.8) is 0 Å². The summed E-state index contributed by atoms with van der Waals surface area (Å²) in [6, 6.07) is 10.2. The minimum Gasteiger partial charge on any atom is -0.388 e. The molecule has 92 valence electrons. The van der Waals surface area contributed by atoms with Gasteiger partial charge in [-0.25, -0.2) is 4.98 Å². The van der Waals surface area contributed by atoms with Crippen LogP contribution in [0.4, 0.5) is 5.82 Å². The SMILES string of the molecule is CNc1cc(-c2cccc3c2CC[C@H]3O)ccn1. The normalized spacial score (nSPS) is 17.6. The van der Waals surface area contributed by atoms with Crippen LogP contribution in [0.2, 0.25) is 0 Å². The lowest BCUT2D eigenvalue weighted by Crippen LogP contribution is -1.94. The summed E-state index contributed by atoms with van der Waals surface area (Å²) in [6.45, 7) is 0. The fourth-order valence-electron chi connectivity index (χ4n) is 2.64. The van der Waals surface area contributed by atoms with Crippen LogP contribution in [0.5, 0.6) is 0 Å². The van der Waals surface area contributed by atoms with E-state index >= 15 is 0 Å². The Hall–Kier alpha value is -1.87. The van der Waals surface area contributed by atoms with Crippen LogP contribution in [0.15, 0.2) is 36.5 Å². The molecule has 1 aromatic carbocycles. The molecule has 3 rings (SSSR count). The molecule has 0 fully saturated rings. The van der Waals surface area contributed by atoms with Gasteiger partial charge in [0.1, 0.15) is 5.82 Å². The summed E-state index contributed by atoms with van der Waals surface area (Å²) >= 11 is 0.